The van der Waals surface area contributed by atoms with Gasteiger partial charge in [0.2, 0.25) is 0 Å². The van der Waals surface area contributed by atoms with E-state index in [0.29, 0.717) is 16.5 Å². The Kier molecular flexibility index (Phi) is 3.38. The average molecular weight is 300 g/mol. The average Bonchev–Trinajstić information content (AvgIpc) is 2.32. The van der Waals surface area contributed by atoms with Crippen LogP contribution in [0.1, 0.15) is 0 Å². The van der Waals surface area contributed by atoms with Gasteiger partial charge in [-0.25, -0.2) is 10.8 Å². The van der Waals surface area contributed by atoms with E-state index in [1.807, 2.05) is 12.1 Å². The van der Waals surface area contributed by atoms with Crippen LogP contribution in [0.3, 0.4) is 0 Å². The number of anilines is 1. The lowest BCUT2D eigenvalue weighted by Gasteiger charge is -2.08. The van der Waals surface area contributed by atoms with Crippen molar-refractivity contribution in [3.63, 3.8) is 0 Å². The Balaban J connectivity index is 2.62. The van der Waals surface area contributed by atoms with Gasteiger partial charge in [-0.2, -0.15) is 0 Å². The van der Waals surface area contributed by atoms with Gasteiger partial charge in [0.1, 0.15) is 5.69 Å². The molecule has 0 amide bonds. The third-order valence-electron chi connectivity index (χ3n) is 2.02. The Morgan fingerprint density at radius 1 is 1.25 bits per heavy atom. The summed E-state index contributed by atoms with van der Waals surface area (Å²) in [6.45, 7) is 0. The first-order valence-electron chi connectivity index (χ1n) is 4.45. The molecule has 0 aliphatic carbocycles. The van der Waals surface area contributed by atoms with Crippen molar-refractivity contribution in [2.24, 2.45) is 5.84 Å². The first-order chi connectivity index (χ1) is 7.72. The molecule has 2 aromatic rings. The number of nitrogens with zero attached hydrogens (tertiary/aromatic N) is 2. The number of rotatable bonds is 2. The van der Waals surface area contributed by atoms with E-state index >= 15 is 0 Å². The molecule has 1 heterocycles. The fourth-order valence-electron chi connectivity index (χ4n) is 1.32. The molecule has 0 radical (unpaired) electrons. The summed E-state index contributed by atoms with van der Waals surface area (Å²) in [6, 6.07) is 5.51. The molecular formula is C10H8BrClN4. The van der Waals surface area contributed by atoms with Crippen LogP contribution in [0.25, 0.3) is 11.3 Å². The zero-order chi connectivity index (χ0) is 11.5. The lowest BCUT2D eigenvalue weighted by atomic mass is 10.1. The summed E-state index contributed by atoms with van der Waals surface area (Å²) in [5.74, 6) is 5.86. The molecule has 16 heavy (non-hydrogen) atoms. The molecule has 2 rings (SSSR count). The second-order valence-electron chi connectivity index (χ2n) is 3.02. The molecule has 0 saturated heterocycles. The molecule has 6 heteroatoms. The van der Waals surface area contributed by atoms with Crippen LogP contribution in [-0.2, 0) is 0 Å². The maximum absolute atomic E-state index is 6.10. The normalized spacial score (nSPS) is 10.2. The van der Waals surface area contributed by atoms with Gasteiger partial charge in [0.15, 0.2) is 5.82 Å². The molecule has 0 saturated carbocycles. The number of nitrogen functional groups attached to an aromatic ring is 1. The summed E-state index contributed by atoms with van der Waals surface area (Å²) in [5, 5.41) is 0.597. The van der Waals surface area contributed by atoms with Crippen LogP contribution in [0, 0.1) is 0 Å². The van der Waals surface area contributed by atoms with E-state index in [4.69, 9.17) is 17.4 Å². The zero-order valence-corrected chi connectivity index (χ0v) is 10.5. The number of nitrogens with two attached hydrogens (primary N) is 1. The third-order valence-corrected chi connectivity index (χ3v) is 2.84. The monoisotopic (exact) mass is 298 g/mol. The van der Waals surface area contributed by atoms with Crippen molar-refractivity contribution in [3.8, 4) is 11.3 Å². The third kappa shape index (κ3) is 2.16. The van der Waals surface area contributed by atoms with E-state index in [0.717, 1.165) is 10.0 Å². The van der Waals surface area contributed by atoms with Crippen molar-refractivity contribution in [1.82, 2.24) is 9.97 Å². The summed E-state index contributed by atoms with van der Waals surface area (Å²) in [7, 11) is 0. The van der Waals surface area contributed by atoms with Crippen LogP contribution >= 0.6 is 27.5 Å². The number of halogens is 2. The highest BCUT2D eigenvalue weighted by Gasteiger charge is 2.10. The lowest BCUT2D eigenvalue weighted by Crippen LogP contribution is -2.10. The number of hydrogen-bond acceptors (Lipinski definition) is 4. The molecule has 0 spiro atoms. The smallest absolute Gasteiger partial charge is 0.166 e. The van der Waals surface area contributed by atoms with Crippen LogP contribution in [-0.4, -0.2) is 9.97 Å². The first kappa shape index (κ1) is 11.3. The topological polar surface area (TPSA) is 63.8 Å². The van der Waals surface area contributed by atoms with Crippen molar-refractivity contribution in [2.45, 2.75) is 0 Å². The summed E-state index contributed by atoms with van der Waals surface area (Å²) in [5.41, 5.74) is 3.89. The lowest BCUT2D eigenvalue weighted by molar-refractivity contribution is 1.16. The number of nitrogens with one attached hydrogen (secondary N) is 1. The van der Waals surface area contributed by atoms with Crippen molar-refractivity contribution in [1.29, 1.82) is 0 Å². The van der Waals surface area contributed by atoms with Crippen molar-refractivity contribution < 1.29 is 0 Å². The zero-order valence-electron chi connectivity index (χ0n) is 8.11. The largest absolute Gasteiger partial charge is 0.307 e. The number of aromatic nitrogens is 2. The highest BCUT2D eigenvalue weighted by Crippen LogP contribution is 2.32. The van der Waals surface area contributed by atoms with Crippen molar-refractivity contribution >= 4 is 33.3 Å². The quantitative estimate of drug-likeness (QED) is 0.661. The van der Waals surface area contributed by atoms with Crippen LogP contribution in [0.4, 0.5) is 5.82 Å². The molecule has 3 N–H and O–H groups in total. The van der Waals surface area contributed by atoms with E-state index in [-0.39, 0.29) is 0 Å². The van der Waals surface area contributed by atoms with Crippen molar-refractivity contribution in [2.75, 3.05) is 5.43 Å². The fraction of sp³-hybridized carbons (Fsp3) is 0. The van der Waals surface area contributed by atoms with Crippen molar-refractivity contribution in [3.05, 3.63) is 40.1 Å². The van der Waals surface area contributed by atoms with Crippen LogP contribution in [0.15, 0.2) is 35.1 Å². The van der Waals surface area contributed by atoms with E-state index < -0.39 is 0 Å². The van der Waals surface area contributed by atoms with E-state index in [1.54, 1.807) is 18.5 Å². The van der Waals surface area contributed by atoms with Gasteiger partial charge in [0, 0.05) is 22.4 Å². The Morgan fingerprint density at radius 2 is 2.00 bits per heavy atom. The maximum atomic E-state index is 6.10. The number of benzene rings is 1. The summed E-state index contributed by atoms with van der Waals surface area (Å²) in [6.07, 6.45) is 3.15. The Hall–Kier alpha value is -1.17. The van der Waals surface area contributed by atoms with Crippen LogP contribution < -0.4 is 11.3 Å². The molecule has 0 aliphatic rings. The molecule has 0 fully saturated rings. The second-order valence-corrected chi connectivity index (χ2v) is 4.34. The maximum Gasteiger partial charge on any atom is 0.166 e. The standard InChI is InChI=1S/C10H8BrClN4/c11-6-1-2-8(12)7(5-6)9-10(16-13)15-4-3-14-9/h1-5H,13H2,(H,15,16). The fourth-order valence-corrected chi connectivity index (χ4v) is 1.89. The van der Waals surface area contributed by atoms with Gasteiger partial charge in [-0.05, 0) is 18.2 Å². The minimum atomic E-state index is 0.488. The highest BCUT2D eigenvalue weighted by atomic mass is 79.9. The van der Waals surface area contributed by atoms with Gasteiger partial charge in [-0.15, -0.1) is 0 Å². The second kappa shape index (κ2) is 4.78. The van der Waals surface area contributed by atoms with Gasteiger partial charge in [0.25, 0.3) is 0 Å². The van der Waals surface area contributed by atoms with Gasteiger partial charge in [-0.3, -0.25) is 4.98 Å². The molecule has 82 valence electrons. The Morgan fingerprint density at radius 3 is 2.75 bits per heavy atom. The molecule has 1 aromatic carbocycles. The molecule has 0 aliphatic heterocycles. The predicted octanol–water partition coefficient (Wildman–Crippen LogP) is 2.85. The highest BCUT2D eigenvalue weighted by molar-refractivity contribution is 9.10. The molecule has 4 nitrogen and oxygen atoms in total. The molecule has 0 unspecified atom stereocenters. The number of hydrazine groups is 1. The van der Waals surface area contributed by atoms with E-state index in [2.05, 4.69) is 31.3 Å². The van der Waals surface area contributed by atoms with Crippen LogP contribution in [0.5, 0.6) is 0 Å². The number of hydrogen-bond donors (Lipinski definition) is 2. The molecule has 0 atom stereocenters. The van der Waals surface area contributed by atoms with Crippen LogP contribution in [0.2, 0.25) is 5.02 Å². The Bertz CT molecular complexity index is 518. The van der Waals surface area contributed by atoms with Gasteiger partial charge in [-0.1, -0.05) is 27.5 Å². The predicted molar refractivity (Wildman–Crippen MR) is 68.0 cm³/mol. The molecular weight excluding hydrogens is 291 g/mol. The summed E-state index contributed by atoms with van der Waals surface area (Å²) >= 11 is 9.48. The Labute approximate surface area is 106 Å². The van der Waals surface area contributed by atoms with Gasteiger partial charge < -0.3 is 5.43 Å². The van der Waals surface area contributed by atoms with E-state index in [1.165, 1.54) is 0 Å². The van der Waals surface area contributed by atoms with Gasteiger partial charge in [0.05, 0.1) is 5.02 Å². The summed E-state index contributed by atoms with van der Waals surface area (Å²) < 4.78 is 0.917. The minimum absolute atomic E-state index is 0.488. The first-order valence-corrected chi connectivity index (χ1v) is 5.62. The van der Waals surface area contributed by atoms with Gasteiger partial charge >= 0.3 is 0 Å². The molecule has 1 aromatic heterocycles. The minimum Gasteiger partial charge on any atom is -0.307 e. The summed E-state index contributed by atoms with van der Waals surface area (Å²) in [4.78, 5) is 8.28. The van der Waals surface area contributed by atoms with E-state index in [9.17, 15) is 0 Å². The molecule has 0 bridgehead atoms. The SMILES string of the molecule is NNc1nccnc1-c1cc(Br)ccc1Cl.